The summed E-state index contributed by atoms with van der Waals surface area (Å²) in [5.74, 6) is 1.33. The maximum atomic E-state index is 6.11. The van der Waals surface area contributed by atoms with Crippen molar-refractivity contribution in [2.45, 2.75) is 38.8 Å². The molecule has 2 aliphatic rings. The van der Waals surface area contributed by atoms with E-state index in [1.165, 1.54) is 12.8 Å². The number of guanidine groups is 1. The van der Waals surface area contributed by atoms with Crippen molar-refractivity contribution >= 4 is 29.9 Å². The van der Waals surface area contributed by atoms with Gasteiger partial charge in [0, 0.05) is 45.3 Å². The van der Waals surface area contributed by atoms with Gasteiger partial charge in [-0.25, -0.2) is 0 Å². The Morgan fingerprint density at radius 2 is 1.81 bits per heavy atom. The van der Waals surface area contributed by atoms with E-state index in [0.717, 1.165) is 32.7 Å². The highest BCUT2D eigenvalue weighted by atomic mass is 127. The van der Waals surface area contributed by atoms with E-state index >= 15 is 0 Å². The SMILES string of the molecule is CC(C)C(CN=C(N)N(C)C1CC1)N1CCN(C)CC1.I. The fourth-order valence-corrected chi connectivity index (χ4v) is 2.85. The lowest BCUT2D eigenvalue weighted by atomic mass is 10.0. The van der Waals surface area contributed by atoms with Gasteiger partial charge in [-0.05, 0) is 25.8 Å². The van der Waals surface area contributed by atoms with Crippen LogP contribution in [0.5, 0.6) is 0 Å². The highest BCUT2D eigenvalue weighted by Gasteiger charge is 2.28. The maximum Gasteiger partial charge on any atom is 0.191 e. The van der Waals surface area contributed by atoms with Gasteiger partial charge in [-0.1, -0.05) is 13.8 Å². The van der Waals surface area contributed by atoms with Gasteiger partial charge in [0.15, 0.2) is 5.96 Å². The van der Waals surface area contributed by atoms with Crippen LogP contribution in [0.25, 0.3) is 0 Å². The molecule has 1 aliphatic heterocycles. The van der Waals surface area contributed by atoms with Crippen LogP contribution in [0.15, 0.2) is 4.99 Å². The Morgan fingerprint density at radius 3 is 2.29 bits per heavy atom. The van der Waals surface area contributed by atoms with Gasteiger partial charge in [-0.3, -0.25) is 9.89 Å². The molecule has 5 nitrogen and oxygen atoms in total. The second-order valence-corrected chi connectivity index (χ2v) is 6.69. The molecule has 2 N–H and O–H groups in total. The molecule has 0 aromatic carbocycles. The van der Waals surface area contributed by atoms with Crippen LogP contribution in [0.4, 0.5) is 0 Å². The fraction of sp³-hybridized carbons (Fsp3) is 0.933. The third-order valence-electron chi connectivity index (χ3n) is 4.67. The van der Waals surface area contributed by atoms with Crippen molar-refractivity contribution in [3.8, 4) is 0 Å². The monoisotopic (exact) mass is 409 g/mol. The van der Waals surface area contributed by atoms with Gasteiger partial charge in [-0.15, -0.1) is 24.0 Å². The maximum absolute atomic E-state index is 6.11. The largest absolute Gasteiger partial charge is 0.370 e. The number of likely N-dealkylation sites (N-methyl/N-ethyl adjacent to an activating group) is 1. The summed E-state index contributed by atoms with van der Waals surface area (Å²) in [4.78, 5) is 11.8. The number of rotatable bonds is 5. The van der Waals surface area contributed by atoms with Gasteiger partial charge in [-0.2, -0.15) is 0 Å². The van der Waals surface area contributed by atoms with Crippen LogP contribution in [-0.2, 0) is 0 Å². The number of nitrogens with zero attached hydrogens (tertiary/aromatic N) is 4. The molecule has 1 saturated heterocycles. The van der Waals surface area contributed by atoms with Gasteiger partial charge in [0.25, 0.3) is 0 Å². The van der Waals surface area contributed by atoms with Crippen LogP contribution >= 0.6 is 24.0 Å². The first-order chi connectivity index (χ1) is 9.49. The first kappa shape index (κ1) is 19.0. The number of hydrogen-bond acceptors (Lipinski definition) is 3. The lowest BCUT2D eigenvalue weighted by Crippen LogP contribution is -2.52. The van der Waals surface area contributed by atoms with E-state index in [-0.39, 0.29) is 24.0 Å². The first-order valence-corrected chi connectivity index (χ1v) is 7.94. The minimum atomic E-state index is 0. The molecule has 0 aromatic rings. The first-order valence-electron chi connectivity index (χ1n) is 7.94. The van der Waals surface area contributed by atoms with E-state index in [0.29, 0.717) is 24.0 Å². The molecule has 21 heavy (non-hydrogen) atoms. The summed E-state index contributed by atoms with van der Waals surface area (Å²) in [5.41, 5.74) is 6.11. The standard InChI is InChI=1S/C15H31N5.HI/c1-12(2)14(20-9-7-18(3)8-10-20)11-17-15(16)19(4)13-5-6-13;/h12-14H,5-11H2,1-4H3,(H2,16,17);1H. The van der Waals surface area contributed by atoms with Crippen molar-refractivity contribution in [2.75, 3.05) is 46.8 Å². The second-order valence-electron chi connectivity index (χ2n) is 6.69. The van der Waals surface area contributed by atoms with Gasteiger partial charge >= 0.3 is 0 Å². The molecule has 1 saturated carbocycles. The molecule has 1 heterocycles. The summed E-state index contributed by atoms with van der Waals surface area (Å²) in [6.45, 7) is 10.0. The molecule has 1 aliphatic carbocycles. The topological polar surface area (TPSA) is 48.1 Å². The summed E-state index contributed by atoms with van der Waals surface area (Å²) >= 11 is 0. The van der Waals surface area contributed by atoms with Crippen LogP contribution in [0.3, 0.4) is 0 Å². The van der Waals surface area contributed by atoms with Crippen molar-refractivity contribution < 1.29 is 0 Å². The Labute approximate surface area is 146 Å². The zero-order chi connectivity index (χ0) is 14.7. The van der Waals surface area contributed by atoms with E-state index in [9.17, 15) is 0 Å². The Kier molecular flexibility index (Phi) is 7.70. The van der Waals surface area contributed by atoms with Gasteiger partial charge < -0.3 is 15.5 Å². The molecule has 2 fully saturated rings. The molecule has 0 amide bonds. The number of aliphatic imine (C=N–C) groups is 1. The third-order valence-corrected chi connectivity index (χ3v) is 4.67. The average molecular weight is 409 g/mol. The minimum absolute atomic E-state index is 0. The van der Waals surface area contributed by atoms with Crippen LogP contribution in [0.2, 0.25) is 0 Å². The Bertz CT molecular complexity index is 335. The zero-order valence-corrected chi connectivity index (χ0v) is 16.3. The Hall–Kier alpha value is -0.0800. The summed E-state index contributed by atoms with van der Waals surface area (Å²) in [7, 11) is 4.26. The van der Waals surface area contributed by atoms with Crippen molar-refractivity contribution in [3.63, 3.8) is 0 Å². The summed E-state index contributed by atoms with van der Waals surface area (Å²) in [6, 6.07) is 1.15. The number of halogens is 1. The predicted octanol–water partition coefficient (Wildman–Crippen LogP) is 1.29. The molecule has 1 atom stereocenters. The summed E-state index contributed by atoms with van der Waals surface area (Å²) in [5, 5.41) is 0. The molecular formula is C15H32IN5. The molecule has 124 valence electrons. The minimum Gasteiger partial charge on any atom is -0.370 e. The van der Waals surface area contributed by atoms with Crippen molar-refractivity contribution in [2.24, 2.45) is 16.6 Å². The van der Waals surface area contributed by atoms with E-state index in [1.807, 2.05) is 0 Å². The Balaban J connectivity index is 0.00000220. The van der Waals surface area contributed by atoms with Gasteiger partial charge in [0.2, 0.25) is 0 Å². The van der Waals surface area contributed by atoms with Crippen molar-refractivity contribution in [1.82, 2.24) is 14.7 Å². The highest BCUT2D eigenvalue weighted by Crippen LogP contribution is 2.25. The van der Waals surface area contributed by atoms with E-state index < -0.39 is 0 Å². The Morgan fingerprint density at radius 1 is 1.24 bits per heavy atom. The van der Waals surface area contributed by atoms with Crippen molar-refractivity contribution in [3.05, 3.63) is 0 Å². The number of hydrogen-bond donors (Lipinski definition) is 1. The molecule has 0 spiro atoms. The lowest BCUT2D eigenvalue weighted by Gasteiger charge is -2.39. The van der Waals surface area contributed by atoms with Crippen LogP contribution in [0, 0.1) is 5.92 Å². The van der Waals surface area contributed by atoms with E-state index in [2.05, 4.69) is 47.6 Å². The van der Waals surface area contributed by atoms with Crippen molar-refractivity contribution in [1.29, 1.82) is 0 Å². The van der Waals surface area contributed by atoms with E-state index in [1.54, 1.807) is 0 Å². The summed E-state index contributed by atoms with van der Waals surface area (Å²) < 4.78 is 0. The van der Waals surface area contributed by atoms with E-state index in [4.69, 9.17) is 5.73 Å². The molecule has 6 heteroatoms. The molecule has 0 radical (unpaired) electrons. The van der Waals surface area contributed by atoms with Crippen LogP contribution in [0.1, 0.15) is 26.7 Å². The summed E-state index contributed by atoms with van der Waals surface area (Å²) in [6.07, 6.45) is 2.53. The second kappa shape index (κ2) is 8.53. The highest BCUT2D eigenvalue weighted by molar-refractivity contribution is 14.0. The van der Waals surface area contributed by atoms with Gasteiger partial charge in [0.1, 0.15) is 0 Å². The smallest absolute Gasteiger partial charge is 0.191 e. The quantitative estimate of drug-likeness (QED) is 0.422. The van der Waals surface area contributed by atoms with Crippen LogP contribution < -0.4 is 5.73 Å². The third kappa shape index (κ3) is 5.56. The lowest BCUT2D eigenvalue weighted by molar-refractivity contribution is 0.0924. The molecule has 0 aromatic heterocycles. The molecule has 2 rings (SSSR count). The molecular weight excluding hydrogens is 377 g/mol. The fourth-order valence-electron chi connectivity index (χ4n) is 2.85. The average Bonchev–Trinajstić information content (AvgIpc) is 3.24. The zero-order valence-electron chi connectivity index (χ0n) is 14.0. The predicted molar refractivity (Wildman–Crippen MR) is 100 cm³/mol. The number of nitrogens with two attached hydrogens (primary N) is 1. The molecule has 1 unspecified atom stereocenters. The molecule has 0 bridgehead atoms. The van der Waals surface area contributed by atoms with Gasteiger partial charge in [0.05, 0.1) is 6.54 Å². The van der Waals surface area contributed by atoms with Crippen LogP contribution in [-0.4, -0.2) is 79.6 Å². The normalized spacial score (nSPS) is 23.0. The number of piperazine rings is 1.